The number of hydrogen-bond donors (Lipinski definition) is 2. The van der Waals surface area contributed by atoms with Crippen LogP contribution in [-0.4, -0.2) is 28.6 Å². The van der Waals surface area contributed by atoms with Gasteiger partial charge in [0.1, 0.15) is 0 Å². The Morgan fingerprint density at radius 2 is 1.90 bits per heavy atom. The summed E-state index contributed by atoms with van der Waals surface area (Å²) < 4.78 is 1.65. The van der Waals surface area contributed by atoms with Gasteiger partial charge >= 0.3 is 0 Å². The molecule has 2 rings (SSSR count). The van der Waals surface area contributed by atoms with Crippen LogP contribution < -0.4 is 11.1 Å². The SMILES string of the molecule is CNC(=O)Cc1ccc(Cn2cc(C(N)=O)cn2)cc1. The first-order chi connectivity index (χ1) is 9.58. The first-order valence-corrected chi connectivity index (χ1v) is 6.19. The van der Waals surface area contributed by atoms with E-state index in [1.807, 2.05) is 24.3 Å². The molecule has 1 aromatic heterocycles. The molecule has 0 unspecified atom stereocenters. The van der Waals surface area contributed by atoms with Crippen LogP contribution in [0.1, 0.15) is 21.5 Å². The molecular weight excluding hydrogens is 256 g/mol. The van der Waals surface area contributed by atoms with Crippen molar-refractivity contribution in [3.05, 3.63) is 53.3 Å². The predicted molar refractivity (Wildman–Crippen MR) is 74.1 cm³/mol. The standard InChI is InChI=1S/C14H16N4O2/c1-16-13(19)6-10-2-4-11(5-3-10)8-18-9-12(7-17-18)14(15)20/h2-5,7,9H,6,8H2,1H3,(H2,15,20)(H,16,19). The van der Waals surface area contributed by atoms with Crippen molar-refractivity contribution < 1.29 is 9.59 Å². The van der Waals surface area contributed by atoms with Crippen LogP contribution in [0.15, 0.2) is 36.7 Å². The molecule has 1 heterocycles. The Bertz CT molecular complexity index is 616. The summed E-state index contributed by atoms with van der Waals surface area (Å²) in [6, 6.07) is 7.68. The molecule has 0 radical (unpaired) electrons. The smallest absolute Gasteiger partial charge is 0.251 e. The molecule has 6 nitrogen and oxygen atoms in total. The van der Waals surface area contributed by atoms with Gasteiger partial charge in [-0.3, -0.25) is 14.3 Å². The zero-order valence-corrected chi connectivity index (χ0v) is 11.2. The van der Waals surface area contributed by atoms with Gasteiger partial charge in [-0.1, -0.05) is 24.3 Å². The van der Waals surface area contributed by atoms with E-state index in [2.05, 4.69) is 10.4 Å². The molecule has 0 aliphatic carbocycles. The van der Waals surface area contributed by atoms with E-state index in [-0.39, 0.29) is 5.91 Å². The lowest BCUT2D eigenvalue weighted by atomic mass is 10.1. The second-order valence-corrected chi connectivity index (χ2v) is 4.46. The third-order valence-electron chi connectivity index (χ3n) is 2.93. The Labute approximate surface area is 116 Å². The second kappa shape index (κ2) is 6.01. The average Bonchev–Trinajstić information content (AvgIpc) is 2.89. The van der Waals surface area contributed by atoms with Gasteiger partial charge in [0.25, 0.3) is 5.91 Å². The molecule has 0 saturated carbocycles. The van der Waals surface area contributed by atoms with E-state index in [0.29, 0.717) is 18.5 Å². The largest absolute Gasteiger partial charge is 0.366 e. The topological polar surface area (TPSA) is 90.0 Å². The van der Waals surface area contributed by atoms with Crippen LogP contribution in [0.2, 0.25) is 0 Å². The first kappa shape index (κ1) is 13.8. The maximum Gasteiger partial charge on any atom is 0.251 e. The van der Waals surface area contributed by atoms with Gasteiger partial charge in [0, 0.05) is 13.2 Å². The number of likely N-dealkylation sites (N-methyl/N-ethyl adjacent to an activating group) is 1. The monoisotopic (exact) mass is 272 g/mol. The number of primary amides is 1. The van der Waals surface area contributed by atoms with E-state index in [4.69, 9.17) is 5.73 Å². The number of nitrogens with zero attached hydrogens (tertiary/aromatic N) is 2. The van der Waals surface area contributed by atoms with Crippen molar-refractivity contribution in [2.45, 2.75) is 13.0 Å². The van der Waals surface area contributed by atoms with Gasteiger partial charge in [0.05, 0.1) is 24.7 Å². The van der Waals surface area contributed by atoms with Crippen molar-refractivity contribution in [3.8, 4) is 0 Å². The van der Waals surface area contributed by atoms with Crippen molar-refractivity contribution in [2.24, 2.45) is 5.73 Å². The number of nitrogens with two attached hydrogens (primary N) is 1. The molecule has 104 valence electrons. The Morgan fingerprint density at radius 3 is 2.45 bits per heavy atom. The van der Waals surface area contributed by atoms with Crippen LogP contribution in [0, 0.1) is 0 Å². The minimum absolute atomic E-state index is 0.0177. The number of carbonyl (C=O) groups excluding carboxylic acids is 2. The van der Waals surface area contributed by atoms with Crippen molar-refractivity contribution in [3.63, 3.8) is 0 Å². The van der Waals surface area contributed by atoms with Crippen molar-refractivity contribution in [1.82, 2.24) is 15.1 Å². The molecule has 0 saturated heterocycles. The van der Waals surface area contributed by atoms with Crippen LogP contribution in [0.3, 0.4) is 0 Å². The van der Waals surface area contributed by atoms with Gasteiger partial charge in [-0.2, -0.15) is 5.10 Å². The van der Waals surface area contributed by atoms with Crippen LogP contribution in [0.5, 0.6) is 0 Å². The fraction of sp³-hybridized carbons (Fsp3) is 0.214. The zero-order chi connectivity index (χ0) is 14.5. The Kier molecular flexibility index (Phi) is 4.14. The summed E-state index contributed by atoms with van der Waals surface area (Å²) in [5.41, 5.74) is 7.54. The van der Waals surface area contributed by atoms with Gasteiger partial charge in [0.2, 0.25) is 5.91 Å². The van der Waals surface area contributed by atoms with Crippen LogP contribution >= 0.6 is 0 Å². The molecular formula is C14H16N4O2. The molecule has 0 fully saturated rings. The molecule has 0 spiro atoms. The van der Waals surface area contributed by atoms with Crippen LogP contribution in [0.4, 0.5) is 0 Å². The van der Waals surface area contributed by atoms with Gasteiger partial charge in [-0.25, -0.2) is 0 Å². The number of aromatic nitrogens is 2. The highest BCUT2D eigenvalue weighted by Crippen LogP contribution is 2.07. The molecule has 2 amide bonds. The van der Waals surface area contributed by atoms with E-state index in [1.54, 1.807) is 17.9 Å². The molecule has 0 atom stereocenters. The normalized spacial score (nSPS) is 10.2. The van der Waals surface area contributed by atoms with Crippen molar-refractivity contribution in [1.29, 1.82) is 0 Å². The molecule has 0 bridgehead atoms. The predicted octanol–water partition coefficient (Wildman–Crippen LogP) is 0.319. The third kappa shape index (κ3) is 3.44. The third-order valence-corrected chi connectivity index (χ3v) is 2.93. The quantitative estimate of drug-likeness (QED) is 0.821. The second-order valence-electron chi connectivity index (χ2n) is 4.46. The average molecular weight is 272 g/mol. The summed E-state index contributed by atoms with van der Waals surface area (Å²) in [5, 5.41) is 6.65. The lowest BCUT2D eigenvalue weighted by Gasteiger charge is -2.04. The molecule has 0 aliphatic rings. The number of hydrogen-bond acceptors (Lipinski definition) is 3. The summed E-state index contributed by atoms with van der Waals surface area (Å²) in [5.74, 6) is -0.506. The molecule has 20 heavy (non-hydrogen) atoms. The van der Waals surface area contributed by atoms with Crippen LogP contribution in [0.25, 0.3) is 0 Å². The molecule has 6 heteroatoms. The fourth-order valence-corrected chi connectivity index (χ4v) is 1.80. The number of carbonyl (C=O) groups is 2. The summed E-state index contributed by atoms with van der Waals surface area (Å²) in [6.45, 7) is 0.549. The van der Waals surface area contributed by atoms with Gasteiger partial charge in [-0.05, 0) is 11.1 Å². The highest BCUT2D eigenvalue weighted by Gasteiger charge is 2.05. The minimum Gasteiger partial charge on any atom is -0.366 e. The zero-order valence-electron chi connectivity index (χ0n) is 11.2. The first-order valence-electron chi connectivity index (χ1n) is 6.19. The molecule has 0 aliphatic heterocycles. The summed E-state index contributed by atoms with van der Waals surface area (Å²) in [4.78, 5) is 22.2. The minimum atomic E-state index is -0.489. The van der Waals surface area contributed by atoms with Gasteiger partial charge in [0.15, 0.2) is 0 Å². The van der Waals surface area contributed by atoms with E-state index in [9.17, 15) is 9.59 Å². The van der Waals surface area contributed by atoms with Crippen molar-refractivity contribution >= 4 is 11.8 Å². The Balaban J connectivity index is 2.02. The van der Waals surface area contributed by atoms with E-state index in [1.165, 1.54) is 6.20 Å². The van der Waals surface area contributed by atoms with Gasteiger partial charge in [-0.15, -0.1) is 0 Å². The number of amides is 2. The van der Waals surface area contributed by atoms with Crippen molar-refractivity contribution in [2.75, 3.05) is 7.05 Å². The number of benzene rings is 1. The Hall–Kier alpha value is -2.63. The Morgan fingerprint density at radius 1 is 1.25 bits per heavy atom. The highest BCUT2D eigenvalue weighted by molar-refractivity contribution is 5.92. The molecule has 2 aromatic rings. The number of rotatable bonds is 5. The molecule has 3 N–H and O–H groups in total. The number of nitrogens with one attached hydrogen (secondary N) is 1. The summed E-state index contributed by atoms with van der Waals surface area (Å²) in [7, 11) is 1.62. The fourth-order valence-electron chi connectivity index (χ4n) is 1.80. The molecule has 1 aromatic carbocycles. The van der Waals surface area contributed by atoms with E-state index < -0.39 is 5.91 Å². The lowest BCUT2D eigenvalue weighted by molar-refractivity contribution is -0.119. The highest BCUT2D eigenvalue weighted by atomic mass is 16.1. The maximum atomic E-state index is 11.3. The van der Waals surface area contributed by atoms with Crippen LogP contribution in [-0.2, 0) is 17.8 Å². The lowest BCUT2D eigenvalue weighted by Crippen LogP contribution is -2.19. The van der Waals surface area contributed by atoms with E-state index in [0.717, 1.165) is 11.1 Å². The summed E-state index contributed by atoms with van der Waals surface area (Å²) >= 11 is 0. The van der Waals surface area contributed by atoms with Gasteiger partial charge < -0.3 is 11.1 Å². The summed E-state index contributed by atoms with van der Waals surface area (Å²) in [6.07, 6.45) is 3.42. The maximum absolute atomic E-state index is 11.3. The van der Waals surface area contributed by atoms with E-state index >= 15 is 0 Å².